The molecule has 0 saturated carbocycles. The zero-order valence-electron chi connectivity index (χ0n) is 18.0. The number of halogens is 1. The van der Waals surface area contributed by atoms with Crippen molar-refractivity contribution in [2.75, 3.05) is 26.2 Å². The first-order chi connectivity index (χ1) is 14.7. The summed E-state index contributed by atoms with van der Waals surface area (Å²) in [5, 5.41) is 6.86. The van der Waals surface area contributed by atoms with E-state index in [0.29, 0.717) is 19.2 Å². The van der Waals surface area contributed by atoms with E-state index in [2.05, 4.69) is 57.8 Å². The average molecular weight is 413 g/mol. The summed E-state index contributed by atoms with van der Waals surface area (Å²) in [7, 11) is 0. The van der Waals surface area contributed by atoms with Crippen molar-refractivity contribution in [3.05, 3.63) is 65.5 Å². The molecule has 1 heterocycles. The van der Waals surface area contributed by atoms with Crippen molar-refractivity contribution in [1.29, 1.82) is 0 Å². The van der Waals surface area contributed by atoms with E-state index in [0.717, 1.165) is 50.5 Å². The maximum Gasteiger partial charge on any atom is 0.191 e. The molecule has 0 aliphatic carbocycles. The van der Waals surface area contributed by atoms with Gasteiger partial charge in [-0.15, -0.1) is 0 Å². The summed E-state index contributed by atoms with van der Waals surface area (Å²) in [5.41, 5.74) is 2.19. The maximum atomic E-state index is 14.1. The molecular formula is C24H33FN4O. The number of hydrogen-bond acceptors (Lipinski definition) is 3. The van der Waals surface area contributed by atoms with Crippen LogP contribution in [0.1, 0.15) is 37.8 Å². The number of rotatable bonds is 8. The van der Waals surface area contributed by atoms with Crippen molar-refractivity contribution < 1.29 is 9.13 Å². The van der Waals surface area contributed by atoms with E-state index < -0.39 is 0 Å². The minimum Gasteiger partial charge on any atom is -0.491 e. The monoisotopic (exact) mass is 412 g/mol. The Hall–Kier alpha value is -2.60. The molecule has 2 aromatic rings. The highest BCUT2D eigenvalue weighted by atomic mass is 19.1. The fourth-order valence-electron chi connectivity index (χ4n) is 3.68. The molecule has 0 atom stereocenters. The molecule has 1 saturated heterocycles. The van der Waals surface area contributed by atoms with Crippen molar-refractivity contribution in [3.8, 4) is 5.75 Å². The number of hydrogen-bond donors (Lipinski definition) is 2. The van der Waals surface area contributed by atoms with Crippen LogP contribution in [0.3, 0.4) is 0 Å². The number of likely N-dealkylation sites (tertiary alicyclic amines) is 1. The number of nitrogens with one attached hydrogen (secondary N) is 2. The molecule has 1 aliphatic heterocycles. The number of aliphatic imine (C=N–C) groups is 1. The van der Waals surface area contributed by atoms with Crippen LogP contribution in [0.15, 0.2) is 53.5 Å². The molecular weight excluding hydrogens is 379 g/mol. The summed E-state index contributed by atoms with van der Waals surface area (Å²) >= 11 is 0. The van der Waals surface area contributed by atoms with Gasteiger partial charge in [-0.05, 0) is 49.9 Å². The van der Waals surface area contributed by atoms with Crippen LogP contribution in [0.25, 0.3) is 0 Å². The highest BCUT2D eigenvalue weighted by molar-refractivity contribution is 5.80. The van der Waals surface area contributed by atoms with Crippen LogP contribution in [0.2, 0.25) is 0 Å². The molecule has 5 nitrogen and oxygen atoms in total. The van der Waals surface area contributed by atoms with Crippen LogP contribution < -0.4 is 15.4 Å². The van der Waals surface area contributed by atoms with Gasteiger partial charge in [0.1, 0.15) is 0 Å². The van der Waals surface area contributed by atoms with Crippen LogP contribution in [0.5, 0.6) is 5.75 Å². The third-order valence-electron chi connectivity index (χ3n) is 5.24. The Labute approximate surface area is 179 Å². The molecule has 0 bridgehead atoms. The highest BCUT2D eigenvalue weighted by Gasteiger charge is 2.20. The normalized spacial score (nSPS) is 15.8. The number of piperidine rings is 1. The second-order valence-corrected chi connectivity index (χ2v) is 7.57. The lowest BCUT2D eigenvalue weighted by Crippen LogP contribution is -2.48. The standard InChI is InChI=1S/C24H33FN4O/c1-3-26-24(27-17-20-10-11-23(30-4-2)22(25)16-20)28-21-12-14-29(15-13-21)18-19-8-6-5-7-9-19/h5-11,16,21H,3-4,12-15,17-18H2,1-2H3,(H2,26,27,28). The van der Waals surface area contributed by atoms with E-state index in [4.69, 9.17) is 4.74 Å². The van der Waals surface area contributed by atoms with E-state index in [1.807, 2.05) is 13.0 Å². The van der Waals surface area contributed by atoms with Crippen molar-refractivity contribution in [1.82, 2.24) is 15.5 Å². The molecule has 2 N–H and O–H groups in total. The second kappa shape index (κ2) is 11.6. The minimum atomic E-state index is -0.340. The van der Waals surface area contributed by atoms with Gasteiger partial charge in [0.2, 0.25) is 0 Å². The molecule has 0 aromatic heterocycles. The Balaban J connectivity index is 1.51. The first-order valence-electron chi connectivity index (χ1n) is 10.9. The minimum absolute atomic E-state index is 0.289. The first-order valence-corrected chi connectivity index (χ1v) is 10.9. The Kier molecular flexibility index (Phi) is 8.51. The topological polar surface area (TPSA) is 48.9 Å². The molecule has 162 valence electrons. The smallest absolute Gasteiger partial charge is 0.191 e. The predicted molar refractivity (Wildman–Crippen MR) is 120 cm³/mol. The third-order valence-corrected chi connectivity index (χ3v) is 5.24. The van der Waals surface area contributed by atoms with Crippen LogP contribution in [-0.2, 0) is 13.1 Å². The summed E-state index contributed by atoms with van der Waals surface area (Å²) in [5.74, 6) is 0.735. The van der Waals surface area contributed by atoms with Crippen molar-refractivity contribution >= 4 is 5.96 Å². The summed E-state index contributed by atoms with van der Waals surface area (Å²) in [4.78, 5) is 7.15. The van der Waals surface area contributed by atoms with E-state index >= 15 is 0 Å². The SMILES string of the molecule is CCNC(=NCc1ccc(OCC)c(F)c1)NC1CCN(Cc2ccccc2)CC1. The quantitative estimate of drug-likeness (QED) is 0.509. The fraction of sp³-hybridized carbons (Fsp3) is 0.458. The molecule has 0 radical (unpaired) electrons. The molecule has 30 heavy (non-hydrogen) atoms. The van der Waals surface area contributed by atoms with Gasteiger partial charge in [0, 0.05) is 32.2 Å². The van der Waals surface area contributed by atoms with Gasteiger partial charge < -0.3 is 15.4 Å². The van der Waals surface area contributed by atoms with Crippen LogP contribution >= 0.6 is 0 Å². The summed E-state index contributed by atoms with van der Waals surface area (Å²) < 4.78 is 19.3. The third kappa shape index (κ3) is 6.73. The Morgan fingerprint density at radius 2 is 1.87 bits per heavy atom. The Bertz CT molecular complexity index is 804. The summed E-state index contributed by atoms with van der Waals surface area (Å²) in [6, 6.07) is 16.1. The van der Waals surface area contributed by atoms with Gasteiger partial charge in [-0.3, -0.25) is 4.90 Å². The average Bonchev–Trinajstić information content (AvgIpc) is 2.76. The van der Waals surface area contributed by atoms with Crippen LogP contribution in [0.4, 0.5) is 4.39 Å². The summed E-state index contributed by atoms with van der Waals surface area (Å²) in [6.07, 6.45) is 2.16. The van der Waals surface area contributed by atoms with Gasteiger partial charge in [-0.2, -0.15) is 0 Å². The molecule has 1 aliphatic rings. The van der Waals surface area contributed by atoms with Gasteiger partial charge in [0.05, 0.1) is 13.2 Å². The number of guanidine groups is 1. The lowest BCUT2D eigenvalue weighted by molar-refractivity contribution is 0.198. The molecule has 0 amide bonds. The largest absolute Gasteiger partial charge is 0.491 e. The van der Waals surface area contributed by atoms with Crippen molar-refractivity contribution in [2.45, 2.75) is 45.8 Å². The Morgan fingerprint density at radius 1 is 1.10 bits per heavy atom. The van der Waals surface area contributed by atoms with Gasteiger partial charge in [0.15, 0.2) is 17.5 Å². The lowest BCUT2D eigenvalue weighted by atomic mass is 10.0. The number of nitrogens with zero attached hydrogens (tertiary/aromatic N) is 2. The van der Waals surface area contributed by atoms with Gasteiger partial charge in [0.25, 0.3) is 0 Å². The Morgan fingerprint density at radius 3 is 2.53 bits per heavy atom. The zero-order chi connectivity index (χ0) is 21.2. The van der Waals surface area contributed by atoms with Gasteiger partial charge in [-0.1, -0.05) is 36.4 Å². The van der Waals surface area contributed by atoms with E-state index in [9.17, 15) is 4.39 Å². The number of benzene rings is 2. The van der Waals surface area contributed by atoms with Crippen LogP contribution in [0, 0.1) is 5.82 Å². The lowest BCUT2D eigenvalue weighted by Gasteiger charge is -2.33. The molecule has 3 rings (SSSR count). The predicted octanol–water partition coefficient (Wildman–Crippen LogP) is 3.94. The van der Waals surface area contributed by atoms with E-state index in [1.54, 1.807) is 6.07 Å². The molecule has 0 unspecified atom stereocenters. The van der Waals surface area contributed by atoms with Gasteiger partial charge >= 0.3 is 0 Å². The van der Waals surface area contributed by atoms with Crippen molar-refractivity contribution in [2.24, 2.45) is 4.99 Å². The zero-order valence-corrected chi connectivity index (χ0v) is 18.0. The van der Waals surface area contributed by atoms with Crippen molar-refractivity contribution in [3.63, 3.8) is 0 Å². The van der Waals surface area contributed by atoms with Gasteiger partial charge in [-0.25, -0.2) is 9.38 Å². The summed E-state index contributed by atoms with van der Waals surface area (Å²) in [6.45, 7) is 8.69. The molecule has 0 spiro atoms. The van der Waals surface area contributed by atoms with E-state index in [-0.39, 0.29) is 11.6 Å². The molecule has 1 fully saturated rings. The number of ether oxygens (including phenoxy) is 1. The first kappa shape index (κ1) is 22.1. The second-order valence-electron chi connectivity index (χ2n) is 7.57. The maximum absolute atomic E-state index is 14.1. The fourth-order valence-corrected chi connectivity index (χ4v) is 3.68. The highest BCUT2D eigenvalue weighted by Crippen LogP contribution is 2.19. The van der Waals surface area contributed by atoms with E-state index in [1.165, 1.54) is 11.6 Å². The molecule has 2 aromatic carbocycles. The van der Waals surface area contributed by atoms with Crippen LogP contribution in [-0.4, -0.2) is 43.1 Å². The molecule has 6 heteroatoms.